The minimum absolute atomic E-state index is 0.0420. The zero-order valence-corrected chi connectivity index (χ0v) is 19.3. The van der Waals surface area contributed by atoms with Gasteiger partial charge in [0.2, 0.25) is 12.0 Å². The van der Waals surface area contributed by atoms with Crippen molar-refractivity contribution in [2.45, 2.75) is 20.0 Å². The summed E-state index contributed by atoms with van der Waals surface area (Å²) in [6.07, 6.45) is 1.85. The number of nitrogens with zero attached hydrogens (tertiary/aromatic N) is 3. The number of hydrogen-bond acceptors (Lipinski definition) is 7. The number of furan rings is 1. The van der Waals surface area contributed by atoms with Gasteiger partial charge in [-0.1, -0.05) is 36.4 Å². The Hall–Kier alpha value is -5.17. The molecule has 0 fully saturated rings. The van der Waals surface area contributed by atoms with Crippen molar-refractivity contribution in [2.24, 2.45) is 0 Å². The second kappa shape index (κ2) is 9.99. The molecule has 4 rings (SSSR count). The van der Waals surface area contributed by atoms with Crippen LogP contribution in [0.25, 0.3) is 5.88 Å². The molecular formula is C26H20N4O6. The summed E-state index contributed by atoms with van der Waals surface area (Å²) in [5, 5.41) is 23.7. The van der Waals surface area contributed by atoms with Gasteiger partial charge in [-0.05, 0) is 37.6 Å². The molecule has 1 amide bonds. The first-order chi connectivity index (χ1) is 17.3. The number of carbonyl (C=O) groups excluding carboxylic acids is 2. The van der Waals surface area contributed by atoms with Gasteiger partial charge in [0.15, 0.2) is 0 Å². The molecule has 2 aromatic heterocycles. The molecule has 0 aliphatic carbocycles. The number of carbonyl (C=O) groups is 2. The number of amides is 1. The fraction of sp³-hybridized carbons (Fsp3) is 0.115. The minimum atomic E-state index is -1.46. The third kappa shape index (κ3) is 4.71. The Balaban J connectivity index is 1.69. The average Bonchev–Trinajstić information content (AvgIpc) is 3.51. The molecular weight excluding hydrogens is 464 g/mol. The summed E-state index contributed by atoms with van der Waals surface area (Å²) in [5.74, 6) is -1.47. The van der Waals surface area contributed by atoms with Gasteiger partial charge >= 0.3 is 5.97 Å². The van der Waals surface area contributed by atoms with Gasteiger partial charge in [0, 0.05) is 24.0 Å². The number of ether oxygens (including phenoxy) is 1. The normalized spacial score (nSPS) is 11.4. The predicted molar refractivity (Wildman–Crippen MR) is 129 cm³/mol. The summed E-state index contributed by atoms with van der Waals surface area (Å²) >= 11 is 0. The van der Waals surface area contributed by atoms with E-state index >= 15 is 0 Å². The van der Waals surface area contributed by atoms with Gasteiger partial charge in [-0.25, -0.2) is 4.79 Å². The number of nitro benzene ring substituents is 1. The van der Waals surface area contributed by atoms with E-state index in [1.54, 1.807) is 72.4 Å². The van der Waals surface area contributed by atoms with Crippen molar-refractivity contribution in [2.75, 3.05) is 5.32 Å². The molecule has 10 nitrogen and oxygen atoms in total. The lowest BCUT2D eigenvalue weighted by molar-refractivity contribution is -0.384. The second-order valence-corrected chi connectivity index (χ2v) is 7.88. The topological polar surface area (TPSA) is 140 Å². The highest BCUT2D eigenvalue weighted by Crippen LogP contribution is 2.30. The van der Waals surface area contributed by atoms with Gasteiger partial charge < -0.3 is 14.5 Å². The van der Waals surface area contributed by atoms with Crippen molar-refractivity contribution < 1.29 is 23.7 Å². The number of nitriles is 1. The molecule has 0 radical (unpaired) electrons. The summed E-state index contributed by atoms with van der Waals surface area (Å²) in [7, 11) is 0. The van der Waals surface area contributed by atoms with E-state index in [1.165, 1.54) is 19.1 Å². The van der Waals surface area contributed by atoms with Crippen LogP contribution < -0.4 is 5.32 Å². The van der Waals surface area contributed by atoms with Gasteiger partial charge in [0.25, 0.3) is 11.6 Å². The Bertz CT molecular complexity index is 1480. The molecule has 0 spiro atoms. The highest BCUT2D eigenvalue weighted by molar-refractivity contribution is 6.00. The molecule has 4 aromatic rings. The van der Waals surface area contributed by atoms with Gasteiger partial charge in [-0.15, -0.1) is 0 Å². The maximum Gasteiger partial charge on any atom is 0.344 e. The molecule has 1 N–H and O–H groups in total. The van der Waals surface area contributed by atoms with Crippen molar-refractivity contribution in [3.05, 3.63) is 111 Å². The van der Waals surface area contributed by atoms with E-state index in [1.807, 2.05) is 6.07 Å². The van der Waals surface area contributed by atoms with Crippen LogP contribution in [0.15, 0.2) is 77.5 Å². The number of aryl methyl sites for hydroxylation is 2. The number of nitro groups is 1. The molecule has 180 valence electrons. The molecule has 1 unspecified atom stereocenters. The first-order valence-electron chi connectivity index (χ1n) is 10.8. The van der Waals surface area contributed by atoms with E-state index in [-0.39, 0.29) is 34.1 Å². The largest absolute Gasteiger partial charge is 0.444 e. The van der Waals surface area contributed by atoms with E-state index in [0.29, 0.717) is 11.1 Å². The van der Waals surface area contributed by atoms with Crippen LogP contribution in [0.3, 0.4) is 0 Å². The van der Waals surface area contributed by atoms with Crippen LogP contribution in [0.4, 0.5) is 11.4 Å². The van der Waals surface area contributed by atoms with E-state index in [2.05, 4.69) is 5.32 Å². The SMILES string of the molecule is Cc1ccc(NC(=O)C(OC(=O)c2c(C)oc(-n3cccc3)c2C#N)c2ccccc2)c([N+](=O)[O-])c1. The first-order valence-corrected chi connectivity index (χ1v) is 10.8. The van der Waals surface area contributed by atoms with Gasteiger partial charge in [-0.3, -0.25) is 19.5 Å². The van der Waals surface area contributed by atoms with E-state index in [0.717, 1.165) is 0 Å². The quantitative estimate of drug-likeness (QED) is 0.221. The fourth-order valence-electron chi connectivity index (χ4n) is 3.69. The Labute approximate surface area is 205 Å². The number of esters is 1. The number of aromatic nitrogens is 1. The standard InChI is InChI=1S/C26H20N4O6/c1-16-10-11-20(21(14-16)30(33)34)28-24(31)23(18-8-4-3-5-9-18)36-26(32)22-17(2)35-25(19(22)15-27)29-12-6-7-13-29/h3-14,23H,1-2H3,(H,28,31). The maximum absolute atomic E-state index is 13.3. The summed E-state index contributed by atoms with van der Waals surface area (Å²) in [5.41, 5.74) is 0.480. The highest BCUT2D eigenvalue weighted by atomic mass is 16.6. The number of benzene rings is 2. The summed E-state index contributed by atoms with van der Waals surface area (Å²) in [6, 6.07) is 18.0. The average molecular weight is 484 g/mol. The van der Waals surface area contributed by atoms with E-state index in [4.69, 9.17) is 9.15 Å². The molecule has 0 bridgehead atoms. The highest BCUT2D eigenvalue weighted by Gasteiger charge is 2.32. The van der Waals surface area contributed by atoms with Crippen LogP contribution in [-0.2, 0) is 9.53 Å². The lowest BCUT2D eigenvalue weighted by Gasteiger charge is -2.18. The fourth-order valence-corrected chi connectivity index (χ4v) is 3.69. The lowest BCUT2D eigenvalue weighted by atomic mass is 10.1. The predicted octanol–water partition coefficient (Wildman–Crippen LogP) is 5.00. The molecule has 0 aliphatic heterocycles. The lowest BCUT2D eigenvalue weighted by Crippen LogP contribution is -2.26. The minimum Gasteiger partial charge on any atom is -0.444 e. The van der Waals surface area contributed by atoms with Crippen LogP contribution >= 0.6 is 0 Å². The first kappa shape index (κ1) is 24.0. The number of nitrogens with one attached hydrogen (secondary N) is 1. The van der Waals surface area contributed by atoms with Crippen LogP contribution in [0.2, 0.25) is 0 Å². The van der Waals surface area contributed by atoms with Crippen LogP contribution in [0.5, 0.6) is 0 Å². The molecule has 0 saturated carbocycles. The summed E-state index contributed by atoms with van der Waals surface area (Å²) in [4.78, 5) is 37.4. The third-order valence-electron chi connectivity index (χ3n) is 5.39. The van der Waals surface area contributed by atoms with E-state index in [9.17, 15) is 25.0 Å². The zero-order valence-electron chi connectivity index (χ0n) is 19.3. The van der Waals surface area contributed by atoms with Crippen molar-refractivity contribution in [3.63, 3.8) is 0 Å². The Morgan fingerprint density at radius 3 is 2.44 bits per heavy atom. The number of hydrogen-bond donors (Lipinski definition) is 1. The van der Waals surface area contributed by atoms with Gasteiger partial charge in [-0.2, -0.15) is 5.26 Å². The number of anilines is 1. The van der Waals surface area contributed by atoms with E-state index < -0.39 is 22.9 Å². The van der Waals surface area contributed by atoms with Gasteiger partial charge in [0.05, 0.1) is 4.92 Å². The third-order valence-corrected chi connectivity index (χ3v) is 5.39. The zero-order chi connectivity index (χ0) is 25.8. The monoisotopic (exact) mass is 484 g/mol. The molecule has 2 heterocycles. The smallest absolute Gasteiger partial charge is 0.344 e. The van der Waals surface area contributed by atoms with Crippen molar-refractivity contribution in [3.8, 4) is 12.0 Å². The molecule has 0 saturated heterocycles. The van der Waals surface area contributed by atoms with Crippen molar-refractivity contribution in [1.82, 2.24) is 4.57 Å². The summed E-state index contributed by atoms with van der Waals surface area (Å²) < 4.78 is 12.8. The summed E-state index contributed by atoms with van der Waals surface area (Å²) in [6.45, 7) is 3.20. The maximum atomic E-state index is 13.3. The van der Waals surface area contributed by atoms with Crippen LogP contribution in [0.1, 0.15) is 38.9 Å². The molecule has 1 atom stereocenters. The Morgan fingerprint density at radius 1 is 1.11 bits per heavy atom. The van der Waals surface area contributed by atoms with Gasteiger partial charge in [0.1, 0.15) is 28.6 Å². The molecule has 36 heavy (non-hydrogen) atoms. The molecule has 0 aliphatic rings. The van der Waals surface area contributed by atoms with Crippen LogP contribution in [-0.4, -0.2) is 21.4 Å². The van der Waals surface area contributed by atoms with Crippen LogP contribution in [0, 0.1) is 35.3 Å². The van der Waals surface area contributed by atoms with Crippen molar-refractivity contribution in [1.29, 1.82) is 5.26 Å². The Morgan fingerprint density at radius 2 is 1.81 bits per heavy atom. The molecule has 2 aromatic carbocycles. The Kier molecular flexibility index (Phi) is 6.65. The molecule has 10 heteroatoms. The number of rotatable bonds is 7. The van der Waals surface area contributed by atoms with Crippen molar-refractivity contribution >= 4 is 23.3 Å². The second-order valence-electron chi connectivity index (χ2n) is 7.88.